The third kappa shape index (κ3) is 5.24. The Balaban J connectivity index is 1.79. The molecule has 2 unspecified atom stereocenters. The fraction of sp³-hybridized carbons (Fsp3) is 0.542. The maximum absolute atomic E-state index is 12.3. The molecule has 2 heterocycles. The third-order valence-electron chi connectivity index (χ3n) is 5.84. The predicted molar refractivity (Wildman–Crippen MR) is 119 cm³/mol. The minimum absolute atomic E-state index is 0.198. The Morgan fingerprint density at radius 2 is 1.89 bits per heavy atom. The van der Waals surface area contributed by atoms with Gasteiger partial charge in [0.2, 0.25) is 5.91 Å². The molecule has 1 fully saturated rings. The van der Waals surface area contributed by atoms with Crippen molar-refractivity contribution in [1.29, 1.82) is 0 Å². The molecule has 0 spiro atoms. The number of hydrogen-bond acceptors (Lipinski definition) is 3. The highest BCUT2D eigenvalue weighted by Gasteiger charge is 2.35. The van der Waals surface area contributed by atoms with Crippen LogP contribution in [0.3, 0.4) is 0 Å². The van der Waals surface area contributed by atoms with Crippen molar-refractivity contribution in [2.24, 2.45) is 11.8 Å². The van der Waals surface area contributed by atoms with Crippen molar-refractivity contribution in [3.8, 4) is 0 Å². The smallest absolute Gasteiger partial charge is 0.219 e. The van der Waals surface area contributed by atoms with Crippen LogP contribution in [-0.4, -0.2) is 41.9 Å². The Morgan fingerprint density at radius 3 is 2.46 bits per heavy atom. The van der Waals surface area contributed by atoms with E-state index in [0.717, 1.165) is 32.7 Å². The number of hydrogen-bond donors (Lipinski definition) is 0. The first-order chi connectivity index (χ1) is 13.3. The number of nitrogens with zero attached hydrogens (tertiary/aromatic N) is 2. The van der Waals surface area contributed by atoms with E-state index in [0.29, 0.717) is 17.8 Å². The molecule has 4 heteroatoms. The van der Waals surface area contributed by atoms with Crippen LogP contribution in [0, 0.1) is 25.7 Å². The lowest BCUT2D eigenvalue weighted by molar-refractivity contribution is -0.130. The maximum Gasteiger partial charge on any atom is 0.219 e. The van der Waals surface area contributed by atoms with Crippen molar-refractivity contribution >= 4 is 17.2 Å². The van der Waals surface area contributed by atoms with Gasteiger partial charge in [0, 0.05) is 50.4 Å². The fourth-order valence-electron chi connectivity index (χ4n) is 4.29. The monoisotopic (exact) mass is 398 g/mol. The van der Waals surface area contributed by atoms with Crippen molar-refractivity contribution in [1.82, 2.24) is 9.80 Å². The molecule has 152 valence electrons. The standard InChI is InChI=1S/C24H34N2OS/c1-17(2)12-26(20(5)27)14-22-13-25(16-24-19(4)10-11-28-24)15-23(22)21-8-6-18(3)7-9-21/h6-11,17,22-23H,12-16H2,1-5H3. The molecule has 3 rings (SSSR count). The van der Waals surface area contributed by atoms with Gasteiger partial charge in [0.1, 0.15) is 0 Å². The van der Waals surface area contributed by atoms with E-state index >= 15 is 0 Å². The van der Waals surface area contributed by atoms with Crippen molar-refractivity contribution in [3.05, 3.63) is 57.3 Å². The van der Waals surface area contributed by atoms with Gasteiger partial charge in [-0.05, 0) is 48.3 Å². The molecule has 3 nitrogen and oxygen atoms in total. The zero-order valence-corrected chi connectivity index (χ0v) is 18.8. The lowest BCUT2D eigenvalue weighted by Gasteiger charge is -2.29. The molecule has 1 aliphatic rings. The molecular formula is C24H34N2OS. The third-order valence-corrected chi connectivity index (χ3v) is 6.85. The fourth-order valence-corrected chi connectivity index (χ4v) is 5.24. The first kappa shape index (κ1) is 21.1. The van der Waals surface area contributed by atoms with Gasteiger partial charge < -0.3 is 4.90 Å². The van der Waals surface area contributed by atoms with E-state index in [9.17, 15) is 4.79 Å². The first-order valence-corrected chi connectivity index (χ1v) is 11.3. The van der Waals surface area contributed by atoms with E-state index in [1.807, 2.05) is 11.3 Å². The summed E-state index contributed by atoms with van der Waals surface area (Å²) in [6.45, 7) is 15.3. The number of carbonyl (C=O) groups excluding carboxylic acids is 1. The Labute approximate surface area is 174 Å². The Morgan fingerprint density at radius 1 is 1.18 bits per heavy atom. The Kier molecular flexibility index (Phi) is 6.95. The summed E-state index contributed by atoms with van der Waals surface area (Å²) in [4.78, 5) is 18.4. The molecule has 1 aromatic heterocycles. The predicted octanol–water partition coefficient (Wildman–Crippen LogP) is 5.09. The van der Waals surface area contributed by atoms with Gasteiger partial charge in [0.25, 0.3) is 0 Å². The van der Waals surface area contributed by atoms with E-state index in [2.05, 4.69) is 73.2 Å². The van der Waals surface area contributed by atoms with E-state index in [4.69, 9.17) is 0 Å². The number of aryl methyl sites for hydroxylation is 2. The maximum atomic E-state index is 12.3. The second-order valence-corrected chi connectivity index (χ2v) is 9.82. The summed E-state index contributed by atoms with van der Waals surface area (Å²) in [6.07, 6.45) is 0. The molecular weight excluding hydrogens is 364 g/mol. The second kappa shape index (κ2) is 9.23. The quantitative estimate of drug-likeness (QED) is 0.649. The average molecular weight is 399 g/mol. The average Bonchev–Trinajstić information content (AvgIpc) is 3.21. The van der Waals surface area contributed by atoms with E-state index in [-0.39, 0.29) is 5.91 Å². The minimum atomic E-state index is 0.198. The molecule has 0 bridgehead atoms. The van der Waals surface area contributed by atoms with Crippen molar-refractivity contribution in [2.75, 3.05) is 26.2 Å². The molecule has 28 heavy (non-hydrogen) atoms. The summed E-state index contributed by atoms with van der Waals surface area (Å²) in [5, 5.41) is 2.19. The number of rotatable bonds is 7. The van der Waals surface area contributed by atoms with Crippen LogP contribution in [0.4, 0.5) is 0 Å². The van der Waals surface area contributed by atoms with Crippen LogP contribution < -0.4 is 0 Å². The number of benzene rings is 1. The highest BCUT2D eigenvalue weighted by Crippen LogP contribution is 2.35. The molecule has 2 atom stereocenters. The van der Waals surface area contributed by atoms with Gasteiger partial charge in [-0.3, -0.25) is 9.69 Å². The van der Waals surface area contributed by atoms with Crippen LogP contribution in [0.25, 0.3) is 0 Å². The zero-order chi connectivity index (χ0) is 20.3. The summed E-state index contributed by atoms with van der Waals surface area (Å²) >= 11 is 1.86. The van der Waals surface area contributed by atoms with Gasteiger partial charge in [-0.25, -0.2) is 0 Å². The number of amides is 1. The largest absolute Gasteiger partial charge is 0.342 e. The summed E-state index contributed by atoms with van der Waals surface area (Å²) in [5.41, 5.74) is 4.11. The van der Waals surface area contributed by atoms with Gasteiger partial charge >= 0.3 is 0 Å². The molecule has 0 N–H and O–H groups in total. The van der Waals surface area contributed by atoms with Crippen molar-refractivity contribution in [3.63, 3.8) is 0 Å². The Bertz CT molecular complexity index is 780. The highest BCUT2D eigenvalue weighted by molar-refractivity contribution is 7.10. The van der Waals surface area contributed by atoms with Crippen LogP contribution in [-0.2, 0) is 11.3 Å². The molecule has 0 aliphatic carbocycles. The van der Waals surface area contributed by atoms with Gasteiger partial charge in [0.05, 0.1) is 0 Å². The lowest BCUT2D eigenvalue weighted by atomic mass is 9.88. The van der Waals surface area contributed by atoms with Gasteiger partial charge in [0.15, 0.2) is 0 Å². The van der Waals surface area contributed by atoms with Crippen LogP contribution >= 0.6 is 11.3 Å². The normalized spacial score (nSPS) is 20.1. The van der Waals surface area contributed by atoms with E-state index in [1.165, 1.54) is 21.6 Å². The van der Waals surface area contributed by atoms with E-state index in [1.54, 1.807) is 6.92 Å². The van der Waals surface area contributed by atoms with Crippen LogP contribution in [0.15, 0.2) is 35.7 Å². The lowest BCUT2D eigenvalue weighted by Crippen LogP contribution is -2.38. The zero-order valence-electron chi connectivity index (χ0n) is 17.9. The Hall–Kier alpha value is -1.65. The van der Waals surface area contributed by atoms with Crippen LogP contribution in [0.1, 0.15) is 48.3 Å². The van der Waals surface area contributed by atoms with Gasteiger partial charge in [-0.1, -0.05) is 43.7 Å². The second-order valence-electron chi connectivity index (χ2n) is 8.82. The van der Waals surface area contributed by atoms with Gasteiger partial charge in [-0.2, -0.15) is 0 Å². The minimum Gasteiger partial charge on any atom is -0.342 e. The molecule has 2 aromatic rings. The number of likely N-dealkylation sites (tertiary alicyclic amines) is 1. The number of thiophene rings is 1. The molecule has 1 aliphatic heterocycles. The topological polar surface area (TPSA) is 23.6 Å². The number of carbonyl (C=O) groups is 1. The molecule has 1 saturated heterocycles. The molecule has 1 aromatic carbocycles. The van der Waals surface area contributed by atoms with Crippen LogP contribution in [0.2, 0.25) is 0 Å². The molecule has 0 radical (unpaired) electrons. The van der Waals surface area contributed by atoms with Crippen molar-refractivity contribution < 1.29 is 4.79 Å². The molecule has 1 amide bonds. The van der Waals surface area contributed by atoms with Crippen LogP contribution in [0.5, 0.6) is 0 Å². The van der Waals surface area contributed by atoms with Gasteiger partial charge in [-0.15, -0.1) is 11.3 Å². The summed E-state index contributed by atoms with van der Waals surface area (Å²) in [7, 11) is 0. The molecule has 0 saturated carbocycles. The summed E-state index contributed by atoms with van der Waals surface area (Å²) in [5.74, 6) is 1.65. The van der Waals surface area contributed by atoms with Crippen molar-refractivity contribution in [2.45, 2.75) is 47.1 Å². The van der Waals surface area contributed by atoms with E-state index < -0.39 is 0 Å². The highest BCUT2D eigenvalue weighted by atomic mass is 32.1. The summed E-state index contributed by atoms with van der Waals surface area (Å²) < 4.78 is 0. The first-order valence-electron chi connectivity index (χ1n) is 10.4. The summed E-state index contributed by atoms with van der Waals surface area (Å²) in [6, 6.07) is 11.2. The SMILES string of the molecule is CC(=O)N(CC(C)C)CC1CN(Cc2sccc2C)CC1c1ccc(C)cc1.